The second kappa shape index (κ2) is 14.0. The minimum Gasteiger partial charge on any atom is -0.493 e. The SMILES string of the molecule is CCCN1CCC(NCc2ccc(OC)c(OC[C@H](O)CN3CCCCCCC3)c2)CC1. The monoisotopic (exact) mass is 447 g/mol. The van der Waals surface area contributed by atoms with Gasteiger partial charge in [-0.25, -0.2) is 0 Å². The van der Waals surface area contributed by atoms with Crippen molar-refractivity contribution < 1.29 is 14.6 Å². The highest BCUT2D eigenvalue weighted by Gasteiger charge is 2.19. The van der Waals surface area contributed by atoms with Crippen molar-refractivity contribution in [3.05, 3.63) is 23.8 Å². The molecule has 2 fully saturated rings. The number of hydrogen-bond acceptors (Lipinski definition) is 6. The van der Waals surface area contributed by atoms with Crippen LogP contribution in [-0.4, -0.2) is 80.0 Å². The standard InChI is InChI=1S/C26H45N3O3/c1-3-13-28-16-11-23(12-17-28)27-19-22-9-10-25(31-2)26(18-22)32-21-24(30)20-29-14-7-5-4-6-8-15-29/h9-10,18,23-24,27,30H,3-8,11-17,19-21H2,1-2H3/t24-/m1/s1. The van der Waals surface area contributed by atoms with Crippen LogP contribution in [0.1, 0.15) is 63.9 Å². The zero-order chi connectivity index (χ0) is 22.6. The Kier molecular flexibility index (Phi) is 11.1. The second-order valence-electron chi connectivity index (χ2n) is 9.52. The molecule has 6 heteroatoms. The smallest absolute Gasteiger partial charge is 0.161 e. The van der Waals surface area contributed by atoms with Crippen LogP contribution in [0, 0.1) is 0 Å². The van der Waals surface area contributed by atoms with Crippen molar-refractivity contribution in [1.82, 2.24) is 15.1 Å². The second-order valence-corrected chi connectivity index (χ2v) is 9.52. The number of hydrogen-bond donors (Lipinski definition) is 2. The number of β-amino-alcohol motifs (C(OH)–C–C–N with tert-alkyl or cyclic N) is 1. The van der Waals surface area contributed by atoms with E-state index in [2.05, 4.69) is 34.2 Å². The average Bonchev–Trinajstić information content (AvgIpc) is 2.79. The summed E-state index contributed by atoms with van der Waals surface area (Å²) in [4.78, 5) is 4.95. The van der Waals surface area contributed by atoms with E-state index in [1.54, 1.807) is 7.11 Å². The molecule has 1 aromatic rings. The molecule has 2 N–H and O–H groups in total. The van der Waals surface area contributed by atoms with Crippen molar-refractivity contribution in [3.63, 3.8) is 0 Å². The zero-order valence-electron chi connectivity index (χ0n) is 20.4. The number of methoxy groups -OCH3 is 1. The van der Waals surface area contributed by atoms with Crippen LogP contribution in [-0.2, 0) is 6.54 Å². The molecule has 0 spiro atoms. The van der Waals surface area contributed by atoms with E-state index in [0.29, 0.717) is 19.2 Å². The molecule has 0 radical (unpaired) electrons. The fraction of sp³-hybridized carbons (Fsp3) is 0.769. The Hall–Kier alpha value is -1.34. The van der Waals surface area contributed by atoms with Crippen LogP contribution in [0.25, 0.3) is 0 Å². The van der Waals surface area contributed by atoms with Crippen LogP contribution < -0.4 is 14.8 Å². The summed E-state index contributed by atoms with van der Waals surface area (Å²) in [7, 11) is 1.67. The average molecular weight is 448 g/mol. The van der Waals surface area contributed by atoms with Gasteiger partial charge in [0.15, 0.2) is 11.5 Å². The van der Waals surface area contributed by atoms with Crippen LogP contribution in [0.5, 0.6) is 11.5 Å². The van der Waals surface area contributed by atoms with Crippen molar-refractivity contribution in [2.24, 2.45) is 0 Å². The molecule has 1 aromatic carbocycles. The molecule has 3 rings (SSSR count). The Morgan fingerprint density at radius 1 is 1.00 bits per heavy atom. The Bertz CT molecular complexity index is 641. The molecule has 2 heterocycles. The molecule has 32 heavy (non-hydrogen) atoms. The van der Waals surface area contributed by atoms with Crippen molar-refractivity contribution in [1.29, 1.82) is 0 Å². The molecular formula is C26H45N3O3. The fourth-order valence-corrected chi connectivity index (χ4v) is 4.92. The third kappa shape index (κ3) is 8.54. The highest BCUT2D eigenvalue weighted by Crippen LogP contribution is 2.28. The Balaban J connectivity index is 1.45. The number of aliphatic hydroxyl groups excluding tert-OH is 1. The normalized spacial score (nSPS) is 20.5. The maximum absolute atomic E-state index is 10.6. The van der Waals surface area contributed by atoms with Gasteiger partial charge in [-0.1, -0.05) is 32.3 Å². The van der Waals surface area contributed by atoms with Gasteiger partial charge in [-0.05, 0) is 82.5 Å². The molecule has 1 atom stereocenters. The van der Waals surface area contributed by atoms with Gasteiger partial charge in [0.2, 0.25) is 0 Å². The van der Waals surface area contributed by atoms with Crippen molar-refractivity contribution in [2.75, 3.05) is 53.0 Å². The van der Waals surface area contributed by atoms with Crippen LogP contribution in [0.4, 0.5) is 0 Å². The molecule has 0 aromatic heterocycles. The Morgan fingerprint density at radius 2 is 1.72 bits per heavy atom. The summed E-state index contributed by atoms with van der Waals surface area (Å²) in [6.45, 7) is 9.82. The van der Waals surface area contributed by atoms with E-state index in [9.17, 15) is 5.11 Å². The summed E-state index contributed by atoms with van der Waals surface area (Å²) in [6.07, 6.45) is 9.58. The number of likely N-dealkylation sites (tertiary alicyclic amines) is 2. The minimum atomic E-state index is -0.491. The number of nitrogens with zero attached hydrogens (tertiary/aromatic N) is 2. The highest BCUT2D eigenvalue weighted by atomic mass is 16.5. The molecule has 6 nitrogen and oxygen atoms in total. The molecule has 0 unspecified atom stereocenters. The summed E-state index contributed by atoms with van der Waals surface area (Å²) in [6, 6.07) is 6.71. The summed E-state index contributed by atoms with van der Waals surface area (Å²) in [5.41, 5.74) is 1.19. The molecule has 2 aliphatic heterocycles. The van der Waals surface area contributed by atoms with Crippen LogP contribution in [0.2, 0.25) is 0 Å². The highest BCUT2D eigenvalue weighted by molar-refractivity contribution is 5.43. The van der Waals surface area contributed by atoms with E-state index in [1.165, 1.54) is 76.6 Å². The van der Waals surface area contributed by atoms with Gasteiger partial charge in [-0.15, -0.1) is 0 Å². The van der Waals surface area contributed by atoms with E-state index < -0.39 is 6.10 Å². The first-order valence-corrected chi connectivity index (χ1v) is 12.8. The Labute approximate surface area is 195 Å². The van der Waals surface area contributed by atoms with Crippen molar-refractivity contribution >= 4 is 0 Å². The number of ether oxygens (including phenoxy) is 2. The number of piperidine rings is 1. The largest absolute Gasteiger partial charge is 0.493 e. The first kappa shape index (κ1) is 25.3. The third-order valence-electron chi connectivity index (χ3n) is 6.80. The van der Waals surface area contributed by atoms with Crippen LogP contribution >= 0.6 is 0 Å². The summed E-state index contributed by atoms with van der Waals surface area (Å²) in [5.74, 6) is 1.44. The lowest BCUT2D eigenvalue weighted by molar-refractivity contribution is 0.0644. The lowest BCUT2D eigenvalue weighted by atomic mass is 10.0. The molecule has 0 saturated carbocycles. The predicted molar refractivity (Wildman–Crippen MR) is 131 cm³/mol. The van der Waals surface area contributed by atoms with Gasteiger partial charge in [-0.3, -0.25) is 0 Å². The maximum atomic E-state index is 10.6. The Morgan fingerprint density at radius 3 is 2.41 bits per heavy atom. The molecule has 0 amide bonds. The molecule has 2 aliphatic rings. The van der Waals surface area contributed by atoms with E-state index in [0.717, 1.165) is 31.1 Å². The van der Waals surface area contributed by atoms with Gasteiger partial charge in [0.25, 0.3) is 0 Å². The van der Waals surface area contributed by atoms with Crippen molar-refractivity contribution in [2.45, 2.75) is 77.0 Å². The first-order chi connectivity index (χ1) is 15.7. The molecule has 182 valence electrons. The zero-order valence-corrected chi connectivity index (χ0v) is 20.4. The topological polar surface area (TPSA) is 57.2 Å². The van der Waals surface area contributed by atoms with E-state index >= 15 is 0 Å². The summed E-state index contributed by atoms with van der Waals surface area (Å²) in [5, 5.41) is 14.3. The van der Waals surface area contributed by atoms with Gasteiger partial charge in [0.05, 0.1) is 7.11 Å². The number of rotatable bonds is 11. The number of aliphatic hydroxyl groups is 1. The van der Waals surface area contributed by atoms with Crippen LogP contribution in [0.3, 0.4) is 0 Å². The molecule has 2 saturated heterocycles. The maximum Gasteiger partial charge on any atom is 0.161 e. The van der Waals surface area contributed by atoms with Gasteiger partial charge in [-0.2, -0.15) is 0 Å². The van der Waals surface area contributed by atoms with E-state index in [-0.39, 0.29) is 0 Å². The summed E-state index contributed by atoms with van der Waals surface area (Å²) >= 11 is 0. The predicted octanol–water partition coefficient (Wildman–Crippen LogP) is 3.67. The summed E-state index contributed by atoms with van der Waals surface area (Å²) < 4.78 is 11.5. The third-order valence-corrected chi connectivity index (χ3v) is 6.80. The van der Waals surface area contributed by atoms with Gasteiger partial charge in [0, 0.05) is 19.1 Å². The molecular weight excluding hydrogens is 402 g/mol. The number of benzene rings is 1. The lowest BCUT2D eigenvalue weighted by Crippen LogP contribution is -2.42. The van der Waals surface area contributed by atoms with Crippen LogP contribution in [0.15, 0.2) is 18.2 Å². The van der Waals surface area contributed by atoms with Gasteiger partial charge >= 0.3 is 0 Å². The van der Waals surface area contributed by atoms with Gasteiger partial charge < -0.3 is 29.7 Å². The molecule has 0 aliphatic carbocycles. The van der Waals surface area contributed by atoms with Gasteiger partial charge in [0.1, 0.15) is 12.7 Å². The first-order valence-electron chi connectivity index (χ1n) is 12.8. The minimum absolute atomic E-state index is 0.291. The quantitative estimate of drug-likeness (QED) is 0.540. The molecule has 0 bridgehead atoms. The van der Waals surface area contributed by atoms with E-state index in [1.807, 2.05) is 6.07 Å². The van der Waals surface area contributed by atoms with E-state index in [4.69, 9.17) is 9.47 Å². The lowest BCUT2D eigenvalue weighted by Gasteiger charge is -2.32. The van der Waals surface area contributed by atoms with Crippen molar-refractivity contribution in [3.8, 4) is 11.5 Å². The number of nitrogens with one attached hydrogen (secondary N) is 1. The fourth-order valence-electron chi connectivity index (χ4n) is 4.92.